The Morgan fingerprint density at radius 3 is 2.83 bits per heavy atom. The van der Waals surface area contributed by atoms with Gasteiger partial charge in [-0.1, -0.05) is 6.42 Å². The SMILES string of the molecule is N#Cc1ccc(C(=O)NCCc2nnc3n2CCCCC3)cc1. The number of carbonyl (C=O) groups is 1. The molecule has 1 N–H and O–H groups in total. The molecule has 0 saturated carbocycles. The maximum absolute atomic E-state index is 12.1. The third-order valence-corrected chi connectivity index (χ3v) is 4.10. The van der Waals surface area contributed by atoms with E-state index in [2.05, 4.69) is 20.1 Å². The van der Waals surface area contributed by atoms with Crippen LogP contribution in [0.2, 0.25) is 0 Å². The van der Waals surface area contributed by atoms with E-state index in [1.165, 1.54) is 12.8 Å². The van der Waals surface area contributed by atoms with Gasteiger partial charge in [0.1, 0.15) is 11.6 Å². The van der Waals surface area contributed by atoms with Crippen LogP contribution in [0.15, 0.2) is 24.3 Å². The summed E-state index contributed by atoms with van der Waals surface area (Å²) in [4.78, 5) is 12.1. The normalized spacial score (nSPS) is 13.7. The fraction of sp³-hybridized carbons (Fsp3) is 0.412. The van der Waals surface area contributed by atoms with Crippen LogP contribution in [0.25, 0.3) is 0 Å². The number of benzene rings is 1. The molecule has 0 atom stereocenters. The summed E-state index contributed by atoms with van der Waals surface area (Å²) in [7, 11) is 0. The highest BCUT2D eigenvalue weighted by Gasteiger charge is 2.14. The first kappa shape index (κ1) is 15.2. The van der Waals surface area contributed by atoms with Crippen LogP contribution >= 0.6 is 0 Å². The average Bonchev–Trinajstić information content (AvgIpc) is 2.82. The third-order valence-electron chi connectivity index (χ3n) is 4.10. The van der Waals surface area contributed by atoms with Gasteiger partial charge in [-0.3, -0.25) is 4.79 Å². The minimum Gasteiger partial charge on any atom is -0.352 e. The molecule has 1 amide bonds. The fourth-order valence-electron chi connectivity index (χ4n) is 2.82. The summed E-state index contributed by atoms with van der Waals surface area (Å²) >= 11 is 0. The summed E-state index contributed by atoms with van der Waals surface area (Å²) in [5, 5.41) is 20.2. The van der Waals surface area contributed by atoms with Crippen LogP contribution in [0.4, 0.5) is 0 Å². The molecule has 1 aromatic carbocycles. The number of rotatable bonds is 4. The number of aromatic nitrogens is 3. The van der Waals surface area contributed by atoms with Gasteiger partial charge in [-0.15, -0.1) is 10.2 Å². The molecular weight excluding hydrogens is 290 g/mol. The quantitative estimate of drug-likeness (QED) is 0.934. The Balaban J connectivity index is 1.56. The van der Waals surface area contributed by atoms with Crippen molar-refractivity contribution in [1.29, 1.82) is 5.26 Å². The first-order chi connectivity index (χ1) is 11.3. The van der Waals surface area contributed by atoms with Crippen molar-refractivity contribution in [1.82, 2.24) is 20.1 Å². The van der Waals surface area contributed by atoms with Crippen molar-refractivity contribution >= 4 is 5.91 Å². The van der Waals surface area contributed by atoms with Crippen molar-refractivity contribution < 1.29 is 4.79 Å². The fourth-order valence-corrected chi connectivity index (χ4v) is 2.82. The second-order valence-electron chi connectivity index (χ2n) is 5.69. The summed E-state index contributed by atoms with van der Waals surface area (Å²) in [6.07, 6.45) is 5.24. The number of fused-ring (bicyclic) bond motifs is 1. The first-order valence-electron chi connectivity index (χ1n) is 7.97. The second kappa shape index (κ2) is 7.05. The van der Waals surface area contributed by atoms with E-state index in [1.807, 2.05) is 6.07 Å². The summed E-state index contributed by atoms with van der Waals surface area (Å²) in [5.74, 6) is 1.88. The molecule has 0 bridgehead atoms. The van der Waals surface area contributed by atoms with Gasteiger partial charge in [-0.2, -0.15) is 5.26 Å². The molecule has 0 unspecified atom stereocenters. The number of aryl methyl sites for hydroxylation is 1. The summed E-state index contributed by atoms with van der Waals surface area (Å²) in [6.45, 7) is 1.50. The second-order valence-corrected chi connectivity index (χ2v) is 5.69. The Morgan fingerprint density at radius 1 is 1.22 bits per heavy atom. The van der Waals surface area contributed by atoms with Crippen molar-refractivity contribution in [3.05, 3.63) is 47.0 Å². The number of nitriles is 1. The van der Waals surface area contributed by atoms with E-state index >= 15 is 0 Å². The summed E-state index contributed by atoms with van der Waals surface area (Å²) < 4.78 is 2.20. The van der Waals surface area contributed by atoms with Crippen LogP contribution in [0.3, 0.4) is 0 Å². The van der Waals surface area contributed by atoms with E-state index in [0.29, 0.717) is 24.1 Å². The molecule has 1 aliphatic heterocycles. The predicted molar refractivity (Wildman–Crippen MR) is 84.8 cm³/mol. The lowest BCUT2D eigenvalue weighted by Crippen LogP contribution is -2.26. The highest BCUT2D eigenvalue weighted by Crippen LogP contribution is 2.14. The van der Waals surface area contributed by atoms with Crippen LogP contribution in [0.5, 0.6) is 0 Å². The van der Waals surface area contributed by atoms with Crippen LogP contribution in [0.1, 0.15) is 46.8 Å². The molecule has 0 fully saturated rings. The monoisotopic (exact) mass is 309 g/mol. The van der Waals surface area contributed by atoms with E-state index in [0.717, 1.165) is 31.0 Å². The molecule has 0 radical (unpaired) electrons. The van der Waals surface area contributed by atoms with Gasteiger partial charge in [0.05, 0.1) is 11.6 Å². The molecule has 3 rings (SSSR count). The Hall–Kier alpha value is -2.68. The molecule has 6 nitrogen and oxygen atoms in total. The zero-order valence-electron chi connectivity index (χ0n) is 13.0. The molecular formula is C17H19N5O. The van der Waals surface area contributed by atoms with E-state index < -0.39 is 0 Å². The molecule has 0 spiro atoms. The molecule has 23 heavy (non-hydrogen) atoms. The van der Waals surface area contributed by atoms with Gasteiger partial charge >= 0.3 is 0 Å². The van der Waals surface area contributed by atoms with Gasteiger partial charge in [-0.25, -0.2) is 0 Å². The maximum atomic E-state index is 12.1. The van der Waals surface area contributed by atoms with Crippen LogP contribution in [-0.4, -0.2) is 27.2 Å². The predicted octanol–water partition coefficient (Wildman–Crippen LogP) is 1.85. The topological polar surface area (TPSA) is 83.6 Å². The Kier molecular flexibility index (Phi) is 4.67. The summed E-state index contributed by atoms with van der Waals surface area (Å²) in [6, 6.07) is 8.66. The van der Waals surface area contributed by atoms with Gasteiger partial charge in [-0.05, 0) is 37.1 Å². The number of hydrogen-bond donors (Lipinski definition) is 1. The van der Waals surface area contributed by atoms with Gasteiger partial charge in [0.2, 0.25) is 0 Å². The standard InChI is InChI=1S/C17H19N5O/c18-12-13-5-7-14(8-6-13)17(23)19-10-9-16-21-20-15-4-2-1-3-11-22(15)16/h5-8H,1-4,9-11H2,(H,19,23). The van der Waals surface area contributed by atoms with E-state index in [9.17, 15) is 4.79 Å². The lowest BCUT2D eigenvalue weighted by atomic mass is 10.1. The van der Waals surface area contributed by atoms with Crippen LogP contribution < -0.4 is 5.32 Å². The first-order valence-corrected chi connectivity index (χ1v) is 7.97. The van der Waals surface area contributed by atoms with Gasteiger partial charge < -0.3 is 9.88 Å². The van der Waals surface area contributed by atoms with E-state index in [4.69, 9.17) is 5.26 Å². The van der Waals surface area contributed by atoms with Crippen molar-refractivity contribution in [3.63, 3.8) is 0 Å². The number of amides is 1. The van der Waals surface area contributed by atoms with Gasteiger partial charge in [0, 0.05) is 31.5 Å². The maximum Gasteiger partial charge on any atom is 0.251 e. The summed E-state index contributed by atoms with van der Waals surface area (Å²) in [5.41, 5.74) is 1.11. The molecule has 1 aliphatic rings. The molecule has 2 heterocycles. The number of nitrogens with one attached hydrogen (secondary N) is 1. The Morgan fingerprint density at radius 2 is 2.04 bits per heavy atom. The zero-order chi connectivity index (χ0) is 16.1. The van der Waals surface area contributed by atoms with Gasteiger partial charge in [0.15, 0.2) is 0 Å². The molecule has 1 aromatic heterocycles. The number of hydrogen-bond acceptors (Lipinski definition) is 4. The van der Waals surface area contributed by atoms with Crippen molar-refractivity contribution in [2.24, 2.45) is 0 Å². The average molecular weight is 309 g/mol. The van der Waals surface area contributed by atoms with E-state index in [-0.39, 0.29) is 5.91 Å². The zero-order valence-corrected chi connectivity index (χ0v) is 13.0. The minimum absolute atomic E-state index is 0.134. The lowest BCUT2D eigenvalue weighted by molar-refractivity contribution is 0.0954. The Labute approximate surface area is 135 Å². The van der Waals surface area contributed by atoms with Crippen LogP contribution in [-0.2, 0) is 19.4 Å². The third kappa shape index (κ3) is 3.57. The van der Waals surface area contributed by atoms with Crippen LogP contribution in [0, 0.1) is 11.3 Å². The minimum atomic E-state index is -0.134. The highest BCUT2D eigenvalue weighted by molar-refractivity contribution is 5.94. The molecule has 0 aliphatic carbocycles. The molecule has 0 saturated heterocycles. The molecule has 2 aromatic rings. The van der Waals surface area contributed by atoms with Crippen molar-refractivity contribution in [2.45, 2.75) is 38.6 Å². The largest absolute Gasteiger partial charge is 0.352 e. The Bertz CT molecular complexity index is 726. The van der Waals surface area contributed by atoms with E-state index in [1.54, 1.807) is 24.3 Å². The van der Waals surface area contributed by atoms with Crippen molar-refractivity contribution in [3.8, 4) is 6.07 Å². The number of carbonyl (C=O) groups excluding carboxylic acids is 1. The smallest absolute Gasteiger partial charge is 0.251 e. The number of nitrogens with zero attached hydrogens (tertiary/aromatic N) is 4. The molecule has 6 heteroatoms. The van der Waals surface area contributed by atoms with Crippen molar-refractivity contribution in [2.75, 3.05) is 6.54 Å². The highest BCUT2D eigenvalue weighted by atomic mass is 16.1. The van der Waals surface area contributed by atoms with Gasteiger partial charge in [0.25, 0.3) is 5.91 Å². The lowest BCUT2D eigenvalue weighted by Gasteiger charge is -2.08. The molecule has 118 valence electrons.